The summed E-state index contributed by atoms with van der Waals surface area (Å²) in [6.45, 7) is 11.2. The Hall–Kier alpha value is -1.08. The molecule has 0 aliphatic heterocycles. The van der Waals surface area contributed by atoms with Gasteiger partial charge in [0, 0.05) is 12.7 Å². The third-order valence-electron chi connectivity index (χ3n) is 3.05. The van der Waals surface area contributed by atoms with Gasteiger partial charge in [0.1, 0.15) is 0 Å². The second-order valence-electron chi connectivity index (χ2n) is 4.71. The van der Waals surface area contributed by atoms with Crippen molar-refractivity contribution in [3.05, 3.63) is 12.4 Å². The van der Waals surface area contributed by atoms with E-state index in [-0.39, 0.29) is 0 Å². The summed E-state index contributed by atoms with van der Waals surface area (Å²) in [4.78, 5) is 2.29. The van der Waals surface area contributed by atoms with Crippen LogP contribution in [0.1, 0.15) is 27.7 Å². The summed E-state index contributed by atoms with van der Waals surface area (Å²) in [6, 6.07) is 0. The molecule has 1 aromatic heterocycles. The van der Waals surface area contributed by atoms with Crippen LogP contribution in [0.3, 0.4) is 0 Å². The molecular formula is C12H24N4O2S. The van der Waals surface area contributed by atoms with Gasteiger partial charge in [-0.25, -0.2) is 8.42 Å². The molecule has 0 atom stereocenters. The molecule has 0 saturated heterocycles. The van der Waals surface area contributed by atoms with E-state index in [1.807, 2.05) is 0 Å². The van der Waals surface area contributed by atoms with Gasteiger partial charge in [-0.1, -0.05) is 13.8 Å². The summed E-state index contributed by atoms with van der Waals surface area (Å²) in [5, 5.41) is 3.71. The molecule has 19 heavy (non-hydrogen) atoms. The van der Waals surface area contributed by atoms with Crippen LogP contribution in [-0.4, -0.2) is 48.0 Å². The minimum Gasteiger partial charge on any atom is -0.302 e. The fourth-order valence-corrected chi connectivity index (χ4v) is 2.27. The molecule has 6 nitrogen and oxygen atoms in total. The minimum absolute atomic E-state index is 0.452. The lowest BCUT2D eigenvalue weighted by atomic mass is 10.4. The first-order valence-electron chi connectivity index (χ1n) is 6.65. The molecule has 0 unspecified atom stereocenters. The molecule has 0 amide bonds. The quantitative estimate of drug-likeness (QED) is 0.784. The van der Waals surface area contributed by atoms with E-state index in [0.717, 1.165) is 26.2 Å². The number of nitrogens with zero attached hydrogens (tertiary/aromatic N) is 3. The first-order chi connectivity index (χ1) is 8.89. The first-order valence-corrected chi connectivity index (χ1v) is 8.20. The van der Waals surface area contributed by atoms with Crippen LogP contribution < -0.4 is 4.72 Å². The Labute approximate surface area is 115 Å². The molecule has 0 aromatic carbocycles. The molecule has 0 bridgehead atoms. The first kappa shape index (κ1) is 16.0. The SMILES string of the molecule is CCN(CC)CCn1cc(NS(=O)(=O)C(C)C)cn1. The van der Waals surface area contributed by atoms with Gasteiger partial charge in [0.25, 0.3) is 0 Å². The molecule has 0 aliphatic carbocycles. The molecule has 0 fully saturated rings. The fraction of sp³-hybridized carbons (Fsp3) is 0.750. The zero-order chi connectivity index (χ0) is 14.5. The van der Waals surface area contributed by atoms with Gasteiger partial charge in [0.2, 0.25) is 10.0 Å². The molecule has 0 aliphatic rings. The zero-order valence-electron chi connectivity index (χ0n) is 12.1. The smallest absolute Gasteiger partial charge is 0.235 e. The lowest BCUT2D eigenvalue weighted by Gasteiger charge is -2.17. The number of nitrogens with one attached hydrogen (secondary N) is 1. The maximum atomic E-state index is 11.7. The molecule has 1 aromatic rings. The van der Waals surface area contributed by atoms with Gasteiger partial charge in [0.15, 0.2) is 0 Å². The number of likely N-dealkylation sites (N-methyl/N-ethyl adjacent to an activating group) is 1. The normalized spacial score (nSPS) is 12.3. The molecule has 1 rings (SSSR count). The van der Waals surface area contributed by atoms with Crippen LogP contribution in [0.4, 0.5) is 5.69 Å². The topological polar surface area (TPSA) is 67.2 Å². The van der Waals surface area contributed by atoms with E-state index in [9.17, 15) is 8.42 Å². The molecule has 0 spiro atoms. The minimum atomic E-state index is -3.29. The van der Waals surface area contributed by atoms with E-state index >= 15 is 0 Å². The number of rotatable bonds is 8. The molecule has 1 heterocycles. The number of hydrogen-bond donors (Lipinski definition) is 1. The predicted molar refractivity (Wildman–Crippen MR) is 77.7 cm³/mol. The van der Waals surface area contributed by atoms with E-state index in [4.69, 9.17) is 0 Å². The van der Waals surface area contributed by atoms with E-state index in [0.29, 0.717) is 5.69 Å². The number of aromatic nitrogens is 2. The summed E-state index contributed by atoms with van der Waals surface area (Å²) in [7, 11) is -3.29. The Morgan fingerprint density at radius 1 is 1.37 bits per heavy atom. The highest BCUT2D eigenvalue weighted by molar-refractivity contribution is 7.93. The van der Waals surface area contributed by atoms with Crippen molar-refractivity contribution in [2.45, 2.75) is 39.5 Å². The highest BCUT2D eigenvalue weighted by atomic mass is 32.2. The van der Waals surface area contributed by atoms with Gasteiger partial charge in [-0.2, -0.15) is 5.10 Å². The molecule has 110 valence electrons. The largest absolute Gasteiger partial charge is 0.302 e. The van der Waals surface area contributed by atoms with Crippen molar-refractivity contribution in [1.29, 1.82) is 0 Å². The van der Waals surface area contributed by atoms with Gasteiger partial charge in [-0.05, 0) is 26.9 Å². The third kappa shape index (κ3) is 4.83. The van der Waals surface area contributed by atoms with Crippen LogP contribution in [0.15, 0.2) is 12.4 Å². The van der Waals surface area contributed by atoms with E-state index in [1.165, 1.54) is 0 Å². The van der Waals surface area contributed by atoms with E-state index in [2.05, 4.69) is 28.6 Å². The molecule has 0 radical (unpaired) electrons. The van der Waals surface area contributed by atoms with Crippen molar-refractivity contribution in [1.82, 2.24) is 14.7 Å². The average Bonchev–Trinajstić information content (AvgIpc) is 2.77. The van der Waals surface area contributed by atoms with Gasteiger partial charge < -0.3 is 4.90 Å². The van der Waals surface area contributed by atoms with Crippen LogP contribution in [0, 0.1) is 0 Å². The average molecular weight is 288 g/mol. The standard InChI is InChI=1S/C12H24N4O2S/c1-5-15(6-2)7-8-16-10-12(9-13-16)14-19(17,18)11(3)4/h9-11,14H,5-8H2,1-4H3. The van der Waals surface area contributed by atoms with Crippen molar-refractivity contribution < 1.29 is 8.42 Å². The zero-order valence-corrected chi connectivity index (χ0v) is 12.9. The summed E-state index contributed by atoms with van der Waals surface area (Å²) in [5.41, 5.74) is 0.522. The Morgan fingerprint density at radius 3 is 2.53 bits per heavy atom. The van der Waals surface area contributed by atoms with Crippen LogP contribution in [0.2, 0.25) is 0 Å². The molecule has 0 saturated carbocycles. The monoisotopic (exact) mass is 288 g/mol. The number of sulfonamides is 1. The van der Waals surface area contributed by atoms with Gasteiger partial charge in [-0.3, -0.25) is 9.40 Å². The Kier molecular flexibility index (Phi) is 5.81. The van der Waals surface area contributed by atoms with E-state index in [1.54, 1.807) is 30.9 Å². The second kappa shape index (κ2) is 6.91. The van der Waals surface area contributed by atoms with Crippen LogP contribution in [0.25, 0.3) is 0 Å². The highest BCUT2D eigenvalue weighted by Gasteiger charge is 2.16. The van der Waals surface area contributed by atoms with Gasteiger partial charge in [0.05, 0.1) is 23.7 Å². The van der Waals surface area contributed by atoms with Crippen molar-refractivity contribution in [3.8, 4) is 0 Å². The summed E-state index contributed by atoms with van der Waals surface area (Å²) >= 11 is 0. The van der Waals surface area contributed by atoms with Gasteiger partial charge >= 0.3 is 0 Å². The Balaban J connectivity index is 2.58. The molecule has 7 heteroatoms. The molecular weight excluding hydrogens is 264 g/mol. The molecule has 1 N–H and O–H groups in total. The third-order valence-corrected chi connectivity index (χ3v) is 4.82. The lowest BCUT2D eigenvalue weighted by molar-refractivity contribution is 0.285. The van der Waals surface area contributed by atoms with Crippen LogP contribution in [0.5, 0.6) is 0 Å². The van der Waals surface area contributed by atoms with Crippen molar-refractivity contribution in [2.24, 2.45) is 0 Å². The lowest BCUT2D eigenvalue weighted by Crippen LogP contribution is -2.27. The Morgan fingerprint density at radius 2 is 2.00 bits per heavy atom. The Bertz CT molecular complexity index is 478. The van der Waals surface area contributed by atoms with Gasteiger partial charge in [-0.15, -0.1) is 0 Å². The fourth-order valence-electron chi connectivity index (χ4n) is 1.60. The van der Waals surface area contributed by atoms with Crippen LogP contribution >= 0.6 is 0 Å². The highest BCUT2D eigenvalue weighted by Crippen LogP contribution is 2.10. The van der Waals surface area contributed by atoms with Crippen molar-refractivity contribution in [3.63, 3.8) is 0 Å². The van der Waals surface area contributed by atoms with Crippen molar-refractivity contribution in [2.75, 3.05) is 24.4 Å². The van der Waals surface area contributed by atoms with E-state index < -0.39 is 15.3 Å². The number of anilines is 1. The summed E-state index contributed by atoms with van der Waals surface area (Å²) in [5.74, 6) is 0. The predicted octanol–water partition coefficient (Wildman–Crippen LogP) is 1.38. The maximum absolute atomic E-state index is 11.7. The second-order valence-corrected chi connectivity index (χ2v) is 6.95. The van der Waals surface area contributed by atoms with Crippen molar-refractivity contribution >= 4 is 15.7 Å². The van der Waals surface area contributed by atoms with Crippen LogP contribution in [-0.2, 0) is 16.6 Å². The summed E-state index contributed by atoms with van der Waals surface area (Å²) < 4.78 is 27.7. The maximum Gasteiger partial charge on any atom is 0.235 e. The number of hydrogen-bond acceptors (Lipinski definition) is 4. The summed E-state index contributed by atoms with van der Waals surface area (Å²) in [6.07, 6.45) is 3.27.